The molecule has 0 N–H and O–H groups in total. The molecule has 0 atom stereocenters. The van der Waals surface area contributed by atoms with Crippen molar-refractivity contribution < 1.29 is 14.0 Å². The Kier molecular flexibility index (Phi) is 4.38. The van der Waals surface area contributed by atoms with E-state index in [0.29, 0.717) is 11.1 Å². The van der Waals surface area contributed by atoms with Crippen LogP contribution in [0.4, 0.5) is 20.8 Å². The van der Waals surface area contributed by atoms with Crippen molar-refractivity contribution >= 4 is 57.1 Å². The van der Waals surface area contributed by atoms with E-state index in [2.05, 4.69) is 4.90 Å². The topological polar surface area (TPSA) is 37.4 Å². The Labute approximate surface area is 191 Å². The number of hydrogen-bond donors (Lipinski definition) is 0. The normalized spacial score (nSPS) is 14.3. The Morgan fingerprint density at radius 3 is 2.22 bits per heavy atom. The molecule has 0 spiro atoms. The zero-order valence-electron chi connectivity index (χ0n) is 16.5. The summed E-state index contributed by atoms with van der Waals surface area (Å²) < 4.78 is 13.9. The first-order chi connectivity index (χ1) is 15.6. The number of carbonyl (C=O) groups excluding carboxylic acids is 2. The van der Waals surface area contributed by atoms with E-state index in [-0.39, 0.29) is 23.0 Å². The van der Waals surface area contributed by atoms with Crippen molar-refractivity contribution in [2.75, 3.05) is 4.90 Å². The van der Waals surface area contributed by atoms with Gasteiger partial charge in [0.15, 0.2) is 11.6 Å². The van der Waals surface area contributed by atoms with Gasteiger partial charge in [0.25, 0.3) is 0 Å². The molecule has 0 saturated heterocycles. The molecule has 0 fully saturated rings. The van der Waals surface area contributed by atoms with Crippen molar-refractivity contribution in [3.8, 4) is 0 Å². The van der Waals surface area contributed by atoms with Gasteiger partial charge in [0.1, 0.15) is 10.8 Å². The first-order valence-corrected chi connectivity index (χ1v) is 11.6. The fraction of sp³-hybridized carbons (Fsp3) is 0. The maximum atomic E-state index is 13.9. The molecule has 0 radical (unpaired) electrons. The molecule has 1 aliphatic carbocycles. The first-order valence-electron chi connectivity index (χ1n) is 9.97. The van der Waals surface area contributed by atoms with Gasteiger partial charge in [-0.1, -0.05) is 48.2 Å². The van der Waals surface area contributed by atoms with Crippen molar-refractivity contribution in [3.05, 3.63) is 106 Å². The number of fused-ring (bicyclic) bond motifs is 3. The largest absolute Gasteiger partial charge is 0.300 e. The fourth-order valence-corrected chi connectivity index (χ4v) is 6.12. The molecule has 6 rings (SSSR count). The summed E-state index contributed by atoms with van der Waals surface area (Å²) in [5, 5.41) is 0.924. The van der Waals surface area contributed by atoms with E-state index in [0.717, 1.165) is 31.0 Å². The lowest BCUT2D eigenvalue weighted by Crippen LogP contribution is -2.13. The summed E-state index contributed by atoms with van der Waals surface area (Å²) in [5.74, 6) is -0.743. The quantitative estimate of drug-likeness (QED) is 0.207. The highest BCUT2D eigenvalue weighted by molar-refractivity contribution is 7.99. The highest BCUT2D eigenvalue weighted by Gasteiger charge is 2.33. The SMILES string of the molecule is O=C1C(=Cc2ccc(N3c4ccccc4Sc4cc(F)ccc43)s2)C(=O)c2ccccc21. The number of benzene rings is 3. The molecule has 6 heteroatoms. The number of rotatable bonds is 2. The highest BCUT2D eigenvalue weighted by atomic mass is 32.2. The summed E-state index contributed by atoms with van der Waals surface area (Å²) in [6.07, 6.45) is 1.68. The number of allylic oxidation sites excluding steroid dienone is 1. The minimum Gasteiger partial charge on any atom is -0.300 e. The Hall–Kier alpha value is -3.48. The molecule has 0 saturated carbocycles. The van der Waals surface area contributed by atoms with Crippen LogP contribution in [-0.2, 0) is 0 Å². The van der Waals surface area contributed by atoms with Crippen molar-refractivity contribution in [2.24, 2.45) is 0 Å². The van der Waals surface area contributed by atoms with Crippen LogP contribution in [0.25, 0.3) is 6.08 Å². The van der Waals surface area contributed by atoms with Crippen molar-refractivity contribution in [2.45, 2.75) is 9.79 Å². The van der Waals surface area contributed by atoms with Crippen LogP contribution >= 0.6 is 23.1 Å². The van der Waals surface area contributed by atoms with Gasteiger partial charge < -0.3 is 0 Å². The zero-order valence-corrected chi connectivity index (χ0v) is 18.2. The Morgan fingerprint density at radius 2 is 1.44 bits per heavy atom. The average molecular weight is 456 g/mol. The Balaban J connectivity index is 1.43. The smallest absolute Gasteiger partial charge is 0.197 e. The molecule has 1 aromatic heterocycles. The monoisotopic (exact) mass is 455 g/mol. The van der Waals surface area contributed by atoms with Gasteiger partial charge in [-0.2, -0.15) is 0 Å². The van der Waals surface area contributed by atoms with E-state index in [1.165, 1.54) is 17.4 Å². The molecular weight excluding hydrogens is 441 g/mol. The zero-order chi connectivity index (χ0) is 21.8. The lowest BCUT2D eigenvalue weighted by Gasteiger charge is -2.31. The summed E-state index contributed by atoms with van der Waals surface area (Å²) in [6, 6.07) is 23.6. The van der Waals surface area contributed by atoms with E-state index in [4.69, 9.17) is 0 Å². The van der Waals surface area contributed by atoms with Crippen LogP contribution in [0.5, 0.6) is 0 Å². The van der Waals surface area contributed by atoms with Crippen LogP contribution < -0.4 is 4.90 Å². The van der Waals surface area contributed by atoms with E-state index in [9.17, 15) is 14.0 Å². The third-order valence-corrected chi connectivity index (χ3v) is 7.64. The van der Waals surface area contributed by atoms with Gasteiger partial charge in [0.05, 0.1) is 16.9 Å². The molecule has 3 aromatic carbocycles. The molecule has 0 bridgehead atoms. The van der Waals surface area contributed by atoms with E-state index >= 15 is 0 Å². The summed E-state index contributed by atoms with van der Waals surface area (Å²) >= 11 is 3.03. The second-order valence-corrected chi connectivity index (χ2v) is 9.63. The molecule has 32 heavy (non-hydrogen) atoms. The molecule has 4 aromatic rings. The summed E-state index contributed by atoms with van der Waals surface area (Å²) in [4.78, 5) is 30.3. The van der Waals surface area contributed by atoms with Crippen LogP contribution in [-0.4, -0.2) is 11.6 Å². The van der Waals surface area contributed by atoms with Crippen LogP contribution in [0, 0.1) is 5.82 Å². The van der Waals surface area contributed by atoms with E-state index in [1.807, 2.05) is 36.4 Å². The number of hydrogen-bond acceptors (Lipinski definition) is 5. The Bertz CT molecular complexity index is 1430. The summed E-state index contributed by atoms with van der Waals surface area (Å²) in [5.41, 5.74) is 3.02. The van der Waals surface area contributed by atoms with Crippen LogP contribution in [0.1, 0.15) is 25.6 Å². The predicted molar refractivity (Wildman–Crippen MR) is 126 cm³/mol. The number of carbonyl (C=O) groups is 2. The fourth-order valence-electron chi connectivity index (χ4n) is 4.05. The number of ketones is 2. The number of thiophene rings is 1. The second kappa shape index (κ2) is 7.29. The van der Waals surface area contributed by atoms with E-state index in [1.54, 1.807) is 54.2 Å². The molecule has 0 unspecified atom stereocenters. The number of Topliss-reactive ketones (excluding diaryl/α,β-unsaturated/α-hetero) is 2. The molecule has 154 valence electrons. The van der Waals surface area contributed by atoms with Gasteiger partial charge in [-0.05, 0) is 48.5 Å². The maximum Gasteiger partial charge on any atom is 0.197 e. The second-order valence-electron chi connectivity index (χ2n) is 7.46. The number of halogens is 1. The lowest BCUT2D eigenvalue weighted by atomic mass is 10.1. The number of nitrogens with zero attached hydrogens (tertiary/aromatic N) is 1. The van der Waals surface area contributed by atoms with Crippen LogP contribution in [0.3, 0.4) is 0 Å². The van der Waals surface area contributed by atoms with Crippen molar-refractivity contribution in [3.63, 3.8) is 0 Å². The molecule has 2 heterocycles. The summed E-state index contributed by atoms with van der Waals surface area (Å²) in [7, 11) is 0. The molecular formula is C26H14FNO2S2. The molecule has 3 nitrogen and oxygen atoms in total. The minimum atomic E-state index is -0.273. The summed E-state index contributed by atoms with van der Waals surface area (Å²) in [6.45, 7) is 0. The standard InChI is InChI=1S/C26H14FNO2S2/c27-15-9-11-21-23(13-15)32-22-8-4-3-7-20(22)28(21)24-12-10-16(31-24)14-19-25(29)17-5-1-2-6-18(17)26(19)30/h1-14H. The highest BCUT2D eigenvalue weighted by Crippen LogP contribution is 2.52. The predicted octanol–water partition coefficient (Wildman–Crippen LogP) is 7.28. The average Bonchev–Trinajstić information content (AvgIpc) is 3.36. The minimum absolute atomic E-state index is 0.191. The molecule has 1 aliphatic heterocycles. The van der Waals surface area contributed by atoms with E-state index < -0.39 is 0 Å². The van der Waals surface area contributed by atoms with Gasteiger partial charge in [0, 0.05) is 25.8 Å². The third kappa shape index (κ3) is 2.95. The molecule has 2 aliphatic rings. The van der Waals surface area contributed by atoms with Crippen molar-refractivity contribution in [1.82, 2.24) is 0 Å². The van der Waals surface area contributed by atoms with Gasteiger partial charge >= 0.3 is 0 Å². The van der Waals surface area contributed by atoms with Crippen molar-refractivity contribution in [1.29, 1.82) is 0 Å². The van der Waals surface area contributed by atoms with Gasteiger partial charge in [-0.25, -0.2) is 4.39 Å². The van der Waals surface area contributed by atoms with Gasteiger partial charge in [-0.3, -0.25) is 14.5 Å². The number of para-hydroxylation sites is 1. The van der Waals surface area contributed by atoms with Gasteiger partial charge in [0.2, 0.25) is 0 Å². The van der Waals surface area contributed by atoms with Crippen LogP contribution in [0.15, 0.2) is 94.2 Å². The Morgan fingerprint density at radius 1 is 0.750 bits per heavy atom. The molecule has 0 amide bonds. The lowest BCUT2D eigenvalue weighted by molar-refractivity contribution is 0.0990. The maximum absolute atomic E-state index is 13.9. The third-order valence-electron chi connectivity index (χ3n) is 5.51. The van der Waals surface area contributed by atoms with Gasteiger partial charge in [-0.15, -0.1) is 11.3 Å². The number of anilines is 3. The first kappa shape index (κ1) is 19.2. The van der Waals surface area contributed by atoms with Crippen LogP contribution in [0.2, 0.25) is 0 Å².